The number of rotatable bonds is 6. The van der Waals surface area contributed by atoms with Crippen LogP contribution in [0.15, 0.2) is 65.3 Å². The number of carbonyl (C=O) groups excluding carboxylic acids is 1. The number of alkyl halides is 3. The number of aryl methyl sites for hydroxylation is 1. The summed E-state index contributed by atoms with van der Waals surface area (Å²) in [4.78, 5) is 17.8. The highest BCUT2D eigenvalue weighted by molar-refractivity contribution is 6.08. The lowest BCUT2D eigenvalue weighted by molar-refractivity contribution is -0.142. The summed E-state index contributed by atoms with van der Waals surface area (Å²) in [5.74, 6) is -0.419. The second kappa shape index (κ2) is 11.1. The number of aromatic nitrogens is 2. The molecule has 2 aliphatic rings. The van der Waals surface area contributed by atoms with E-state index in [1.54, 1.807) is 0 Å². The van der Waals surface area contributed by atoms with E-state index in [1.807, 2.05) is 62.3 Å². The van der Waals surface area contributed by atoms with Crippen LogP contribution in [0.3, 0.4) is 0 Å². The third-order valence-corrected chi connectivity index (χ3v) is 7.82. The van der Waals surface area contributed by atoms with Crippen LogP contribution in [0, 0.1) is 12.8 Å². The van der Waals surface area contributed by atoms with Crippen molar-refractivity contribution in [2.24, 2.45) is 11.0 Å². The zero-order valence-corrected chi connectivity index (χ0v) is 24.0. The van der Waals surface area contributed by atoms with Gasteiger partial charge in [0.05, 0.1) is 11.8 Å². The van der Waals surface area contributed by atoms with E-state index in [1.165, 1.54) is 11.9 Å². The standard InChI is InChI=1S/C31H35F3N6O/c1-20-17-27(31(32,33)34)35-39(20)19-28(41)40-30(22-11-15-25(16-12-22)38(4)5)26-8-6-7-23(29(26)36-40)18-21-9-13-24(14-10-21)37(2)3/h9-18,26,30H,6-8,19H2,1-5H3/b23-18+/t26-,30-/m1/s1. The minimum absolute atomic E-state index is 0.0188. The van der Waals surface area contributed by atoms with Gasteiger partial charge in [0.2, 0.25) is 0 Å². The summed E-state index contributed by atoms with van der Waals surface area (Å²) in [5, 5.41) is 10.0. The molecule has 3 aromatic rings. The van der Waals surface area contributed by atoms with Crippen LogP contribution in [-0.2, 0) is 17.5 Å². The number of benzene rings is 2. The summed E-state index contributed by atoms with van der Waals surface area (Å²) in [7, 11) is 7.93. The number of nitrogens with zero attached hydrogens (tertiary/aromatic N) is 6. The molecule has 1 aliphatic heterocycles. The smallest absolute Gasteiger partial charge is 0.378 e. The molecule has 1 aromatic heterocycles. The number of carbonyl (C=O) groups is 1. The predicted octanol–water partition coefficient (Wildman–Crippen LogP) is 6.17. The molecule has 1 aliphatic carbocycles. The minimum Gasteiger partial charge on any atom is -0.378 e. The summed E-state index contributed by atoms with van der Waals surface area (Å²) in [5.41, 5.74) is 5.34. The first-order valence-corrected chi connectivity index (χ1v) is 13.7. The van der Waals surface area contributed by atoms with E-state index in [9.17, 15) is 18.0 Å². The van der Waals surface area contributed by atoms with Crippen molar-refractivity contribution in [1.82, 2.24) is 14.8 Å². The number of hydrazone groups is 1. The maximum Gasteiger partial charge on any atom is 0.435 e. The van der Waals surface area contributed by atoms with Crippen LogP contribution in [0.4, 0.5) is 24.5 Å². The van der Waals surface area contributed by atoms with Gasteiger partial charge in [-0.05, 0) is 79.3 Å². The van der Waals surface area contributed by atoms with E-state index >= 15 is 0 Å². The highest BCUT2D eigenvalue weighted by Gasteiger charge is 2.44. The fourth-order valence-electron chi connectivity index (χ4n) is 5.59. The normalized spacial score (nSPS) is 19.8. The van der Waals surface area contributed by atoms with Gasteiger partial charge in [-0.25, -0.2) is 5.01 Å². The van der Waals surface area contributed by atoms with Gasteiger partial charge >= 0.3 is 6.18 Å². The van der Waals surface area contributed by atoms with Gasteiger partial charge in [-0.3, -0.25) is 9.48 Å². The average Bonchev–Trinajstić information content (AvgIpc) is 3.50. The molecule has 2 heterocycles. The van der Waals surface area contributed by atoms with Gasteiger partial charge in [0.25, 0.3) is 5.91 Å². The molecule has 5 rings (SSSR count). The highest BCUT2D eigenvalue weighted by atomic mass is 19.4. The molecule has 10 heteroatoms. The van der Waals surface area contributed by atoms with Crippen LogP contribution in [0.1, 0.15) is 47.8 Å². The second-order valence-corrected chi connectivity index (χ2v) is 11.1. The zero-order chi connectivity index (χ0) is 29.5. The third kappa shape index (κ3) is 5.87. The summed E-state index contributed by atoms with van der Waals surface area (Å²) < 4.78 is 40.9. The van der Waals surface area contributed by atoms with Crippen LogP contribution in [0.25, 0.3) is 6.08 Å². The number of anilines is 2. The average molecular weight is 565 g/mol. The van der Waals surface area contributed by atoms with Crippen LogP contribution in [-0.4, -0.2) is 54.6 Å². The number of fused-ring (bicyclic) bond motifs is 1. The first-order chi connectivity index (χ1) is 19.4. The summed E-state index contributed by atoms with van der Waals surface area (Å²) in [6, 6.07) is 16.9. The van der Waals surface area contributed by atoms with Gasteiger partial charge in [0.15, 0.2) is 5.69 Å². The molecule has 2 aromatic carbocycles. The molecule has 0 bridgehead atoms. The van der Waals surface area contributed by atoms with Gasteiger partial charge < -0.3 is 9.80 Å². The number of amides is 1. The number of halogens is 3. The summed E-state index contributed by atoms with van der Waals surface area (Å²) >= 11 is 0. The Kier molecular flexibility index (Phi) is 7.68. The van der Waals surface area contributed by atoms with Crippen molar-refractivity contribution < 1.29 is 18.0 Å². The quantitative estimate of drug-likeness (QED) is 0.360. The molecule has 0 N–H and O–H groups in total. The zero-order valence-electron chi connectivity index (χ0n) is 24.0. The van der Waals surface area contributed by atoms with Gasteiger partial charge in [0, 0.05) is 51.2 Å². The Morgan fingerprint density at radius 2 is 1.61 bits per heavy atom. The Hall–Kier alpha value is -4.08. The van der Waals surface area contributed by atoms with Crippen LogP contribution in [0.5, 0.6) is 0 Å². The predicted molar refractivity (Wildman–Crippen MR) is 156 cm³/mol. The van der Waals surface area contributed by atoms with Gasteiger partial charge in [0.1, 0.15) is 6.54 Å². The molecular formula is C31H35F3N6O. The minimum atomic E-state index is -4.58. The van der Waals surface area contributed by atoms with Crippen molar-refractivity contribution in [3.8, 4) is 0 Å². The summed E-state index contributed by atoms with van der Waals surface area (Å²) in [6.45, 7) is 1.19. The Bertz CT molecular complexity index is 1470. The largest absolute Gasteiger partial charge is 0.435 e. The van der Waals surface area contributed by atoms with Crippen molar-refractivity contribution in [2.75, 3.05) is 38.0 Å². The van der Waals surface area contributed by atoms with Crippen molar-refractivity contribution >= 4 is 29.1 Å². The van der Waals surface area contributed by atoms with E-state index in [4.69, 9.17) is 5.10 Å². The van der Waals surface area contributed by atoms with E-state index in [-0.39, 0.29) is 24.2 Å². The monoisotopic (exact) mass is 564 g/mol. The lowest BCUT2D eigenvalue weighted by atomic mass is 9.77. The van der Waals surface area contributed by atoms with E-state index < -0.39 is 17.8 Å². The van der Waals surface area contributed by atoms with Crippen molar-refractivity contribution in [3.63, 3.8) is 0 Å². The molecule has 0 unspecified atom stereocenters. The van der Waals surface area contributed by atoms with Gasteiger partial charge in [-0.15, -0.1) is 0 Å². The molecule has 0 saturated heterocycles. The second-order valence-electron chi connectivity index (χ2n) is 11.1. The third-order valence-electron chi connectivity index (χ3n) is 7.82. The Morgan fingerprint density at radius 1 is 1.00 bits per heavy atom. The van der Waals surface area contributed by atoms with Crippen LogP contribution >= 0.6 is 0 Å². The lowest BCUT2D eigenvalue weighted by Gasteiger charge is -2.30. The van der Waals surface area contributed by atoms with E-state index in [2.05, 4.69) is 35.4 Å². The molecule has 0 radical (unpaired) electrons. The van der Waals surface area contributed by atoms with Crippen LogP contribution in [0.2, 0.25) is 0 Å². The van der Waals surface area contributed by atoms with E-state index in [0.29, 0.717) is 0 Å². The molecule has 1 saturated carbocycles. The maximum atomic E-state index is 13.7. The lowest BCUT2D eigenvalue weighted by Crippen LogP contribution is -2.34. The van der Waals surface area contributed by atoms with Crippen molar-refractivity contribution in [1.29, 1.82) is 0 Å². The first kappa shape index (κ1) is 28.4. The summed E-state index contributed by atoms with van der Waals surface area (Å²) in [6.07, 6.45) is 0.207. The SMILES string of the molecule is Cc1cc(C(F)(F)F)nn1CC(=O)N1N=C2/C(=C/c3ccc(N(C)C)cc3)CCC[C@H]2[C@H]1c1ccc(N(C)C)cc1. The molecule has 2 atom stereocenters. The first-order valence-electron chi connectivity index (χ1n) is 13.7. The molecule has 7 nitrogen and oxygen atoms in total. The van der Waals surface area contributed by atoms with Crippen molar-refractivity contribution in [3.05, 3.63) is 82.7 Å². The fraction of sp³-hybridized carbons (Fsp3) is 0.387. The molecule has 216 valence electrons. The van der Waals surface area contributed by atoms with Crippen LogP contribution < -0.4 is 9.80 Å². The Morgan fingerprint density at radius 3 is 2.17 bits per heavy atom. The Labute approximate surface area is 238 Å². The molecule has 0 spiro atoms. The fourth-order valence-corrected chi connectivity index (χ4v) is 5.59. The van der Waals surface area contributed by atoms with Gasteiger partial charge in [-0.2, -0.15) is 23.4 Å². The maximum absolute atomic E-state index is 13.7. The molecular weight excluding hydrogens is 529 g/mol. The van der Waals surface area contributed by atoms with Gasteiger partial charge in [-0.1, -0.05) is 24.3 Å². The molecule has 1 fully saturated rings. The Balaban J connectivity index is 1.51. The van der Waals surface area contributed by atoms with Crippen molar-refractivity contribution in [2.45, 2.75) is 44.9 Å². The topological polar surface area (TPSA) is 57.0 Å². The highest BCUT2D eigenvalue weighted by Crippen LogP contribution is 2.45. The number of hydrogen-bond donors (Lipinski definition) is 0. The number of allylic oxidation sites excluding steroid dienone is 1. The number of hydrogen-bond acceptors (Lipinski definition) is 5. The molecule has 1 amide bonds. The molecule has 41 heavy (non-hydrogen) atoms. The van der Waals surface area contributed by atoms with E-state index in [0.717, 1.165) is 63.8 Å².